The van der Waals surface area contributed by atoms with Crippen molar-refractivity contribution in [3.63, 3.8) is 0 Å². The van der Waals surface area contributed by atoms with Gasteiger partial charge in [0.2, 0.25) is 0 Å². The number of aryl methyl sites for hydroxylation is 1. The molecule has 2 atom stereocenters. The van der Waals surface area contributed by atoms with Crippen molar-refractivity contribution in [1.29, 1.82) is 0 Å². The smallest absolute Gasteiger partial charge is 0.328 e. The standard InChI is InChI=1S/C18H21NO3/c1-11-8-9-18(11,19-3)17-12(2)14-10-13(5-7-16(20)21)4-6-15(14)22-17/h4-7,10-11,19H,8-9H2,1-3H3,(H,20,21)/b7-5+/t11-,18?/m1/s1. The van der Waals surface area contributed by atoms with Crippen LogP contribution in [0.2, 0.25) is 0 Å². The van der Waals surface area contributed by atoms with Crippen LogP contribution in [0.3, 0.4) is 0 Å². The fourth-order valence-corrected chi connectivity index (χ4v) is 3.48. The molecule has 0 amide bonds. The number of furan rings is 1. The number of rotatable bonds is 4. The predicted octanol–water partition coefficient (Wildman–Crippen LogP) is 3.68. The number of carboxylic acids is 1. The quantitative estimate of drug-likeness (QED) is 0.845. The summed E-state index contributed by atoms with van der Waals surface area (Å²) in [6.07, 6.45) is 5.04. The summed E-state index contributed by atoms with van der Waals surface area (Å²) in [5.41, 5.74) is 2.79. The Labute approximate surface area is 129 Å². The van der Waals surface area contributed by atoms with Gasteiger partial charge in [0, 0.05) is 17.0 Å². The van der Waals surface area contributed by atoms with Crippen LogP contribution in [0, 0.1) is 12.8 Å². The number of benzene rings is 1. The van der Waals surface area contributed by atoms with E-state index in [1.165, 1.54) is 6.42 Å². The molecule has 0 radical (unpaired) electrons. The molecule has 1 fully saturated rings. The highest BCUT2D eigenvalue weighted by molar-refractivity contribution is 5.88. The molecular weight excluding hydrogens is 278 g/mol. The van der Waals surface area contributed by atoms with Crippen molar-refractivity contribution in [2.75, 3.05) is 7.05 Å². The van der Waals surface area contributed by atoms with Crippen LogP contribution in [0.1, 0.15) is 36.7 Å². The average Bonchev–Trinajstić information content (AvgIpc) is 2.82. The van der Waals surface area contributed by atoms with Crippen LogP contribution in [0.4, 0.5) is 0 Å². The second kappa shape index (κ2) is 5.29. The number of hydrogen-bond acceptors (Lipinski definition) is 3. The Morgan fingerprint density at radius 3 is 2.82 bits per heavy atom. The zero-order chi connectivity index (χ0) is 15.9. The molecule has 0 saturated heterocycles. The molecule has 0 aliphatic heterocycles. The molecule has 0 spiro atoms. The number of aliphatic carboxylic acids is 1. The van der Waals surface area contributed by atoms with Crippen molar-refractivity contribution in [3.05, 3.63) is 41.2 Å². The van der Waals surface area contributed by atoms with Crippen molar-refractivity contribution in [3.8, 4) is 0 Å². The zero-order valence-corrected chi connectivity index (χ0v) is 13.1. The van der Waals surface area contributed by atoms with Crippen LogP contribution in [0.15, 0.2) is 28.7 Å². The minimum absolute atomic E-state index is 0.0693. The molecular formula is C18H21NO3. The molecule has 4 nitrogen and oxygen atoms in total. The summed E-state index contributed by atoms with van der Waals surface area (Å²) in [6, 6.07) is 5.79. The van der Waals surface area contributed by atoms with E-state index in [1.54, 1.807) is 6.08 Å². The predicted molar refractivity (Wildman–Crippen MR) is 86.8 cm³/mol. The van der Waals surface area contributed by atoms with Gasteiger partial charge in [0.25, 0.3) is 0 Å². The van der Waals surface area contributed by atoms with E-state index in [0.29, 0.717) is 5.92 Å². The number of carbonyl (C=O) groups is 1. The van der Waals surface area contributed by atoms with E-state index < -0.39 is 5.97 Å². The van der Waals surface area contributed by atoms with Gasteiger partial charge in [-0.05, 0) is 56.5 Å². The lowest BCUT2D eigenvalue weighted by Crippen LogP contribution is -2.52. The molecule has 22 heavy (non-hydrogen) atoms. The fourth-order valence-electron chi connectivity index (χ4n) is 3.48. The Kier molecular flexibility index (Phi) is 3.57. The SMILES string of the molecule is CNC1(c2oc3ccc(/C=C/C(=O)O)cc3c2C)CC[C@H]1C. The van der Waals surface area contributed by atoms with Crippen molar-refractivity contribution < 1.29 is 14.3 Å². The lowest BCUT2D eigenvalue weighted by Gasteiger charge is -2.47. The second-order valence-corrected chi connectivity index (χ2v) is 6.14. The van der Waals surface area contributed by atoms with Crippen molar-refractivity contribution >= 4 is 23.0 Å². The number of nitrogens with one attached hydrogen (secondary N) is 1. The maximum absolute atomic E-state index is 10.6. The van der Waals surface area contributed by atoms with E-state index in [2.05, 4.69) is 19.2 Å². The van der Waals surface area contributed by atoms with E-state index in [-0.39, 0.29) is 5.54 Å². The lowest BCUT2D eigenvalue weighted by atomic mass is 9.65. The van der Waals surface area contributed by atoms with Crippen LogP contribution in [-0.2, 0) is 10.3 Å². The summed E-state index contributed by atoms with van der Waals surface area (Å²) >= 11 is 0. The van der Waals surface area contributed by atoms with Crippen LogP contribution >= 0.6 is 0 Å². The number of carboxylic acid groups (broad SMARTS) is 1. The van der Waals surface area contributed by atoms with Gasteiger partial charge < -0.3 is 14.8 Å². The molecule has 3 rings (SSSR count). The molecule has 2 N–H and O–H groups in total. The van der Waals surface area contributed by atoms with Crippen LogP contribution in [0.25, 0.3) is 17.0 Å². The topological polar surface area (TPSA) is 62.5 Å². The monoisotopic (exact) mass is 299 g/mol. The summed E-state index contributed by atoms with van der Waals surface area (Å²) in [4.78, 5) is 10.6. The fraction of sp³-hybridized carbons (Fsp3) is 0.389. The van der Waals surface area contributed by atoms with Gasteiger partial charge in [-0.2, -0.15) is 0 Å². The highest BCUT2D eigenvalue weighted by Gasteiger charge is 2.47. The molecule has 4 heteroatoms. The molecule has 1 saturated carbocycles. The van der Waals surface area contributed by atoms with E-state index in [9.17, 15) is 4.79 Å². The normalized spacial score (nSPS) is 24.8. The molecule has 2 aromatic rings. The summed E-state index contributed by atoms with van der Waals surface area (Å²) in [7, 11) is 1.99. The minimum Gasteiger partial charge on any atom is -0.478 e. The third-order valence-corrected chi connectivity index (χ3v) is 5.04. The Morgan fingerprint density at radius 1 is 1.50 bits per heavy atom. The van der Waals surface area contributed by atoms with Gasteiger partial charge in [-0.25, -0.2) is 4.79 Å². The molecule has 0 bridgehead atoms. The van der Waals surface area contributed by atoms with Gasteiger partial charge in [-0.1, -0.05) is 13.0 Å². The molecule has 1 aliphatic rings. The van der Waals surface area contributed by atoms with E-state index >= 15 is 0 Å². The van der Waals surface area contributed by atoms with Crippen molar-refractivity contribution in [2.45, 2.75) is 32.2 Å². The molecule has 1 aromatic heterocycles. The Balaban J connectivity index is 2.08. The third kappa shape index (κ3) is 2.15. The molecule has 1 aromatic carbocycles. The van der Waals surface area contributed by atoms with Crippen LogP contribution < -0.4 is 5.32 Å². The Bertz CT molecular complexity index is 755. The summed E-state index contributed by atoms with van der Waals surface area (Å²) in [5.74, 6) is 0.619. The Hall–Kier alpha value is -2.07. The largest absolute Gasteiger partial charge is 0.478 e. The van der Waals surface area contributed by atoms with Crippen LogP contribution in [0.5, 0.6) is 0 Å². The van der Waals surface area contributed by atoms with Gasteiger partial charge in [0.15, 0.2) is 0 Å². The first-order chi connectivity index (χ1) is 10.5. The third-order valence-electron chi connectivity index (χ3n) is 5.04. The minimum atomic E-state index is -0.942. The van der Waals surface area contributed by atoms with Gasteiger partial charge in [-0.3, -0.25) is 0 Å². The van der Waals surface area contributed by atoms with E-state index in [1.807, 2.05) is 25.2 Å². The highest BCUT2D eigenvalue weighted by atomic mass is 16.4. The molecule has 116 valence electrons. The summed E-state index contributed by atoms with van der Waals surface area (Å²) in [6.45, 7) is 4.32. The van der Waals surface area contributed by atoms with Gasteiger partial charge in [0.1, 0.15) is 11.3 Å². The van der Waals surface area contributed by atoms with E-state index in [4.69, 9.17) is 9.52 Å². The zero-order valence-electron chi connectivity index (χ0n) is 13.1. The number of fused-ring (bicyclic) bond motifs is 1. The Morgan fingerprint density at radius 2 is 2.27 bits per heavy atom. The van der Waals surface area contributed by atoms with Gasteiger partial charge >= 0.3 is 5.97 Å². The first-order valence-corrected chi connectivity index (χ1v) is 7.61. The number of hydrogen-bond donors (Lipinski definition) is 2. The summed E-state index contributed by atoms with van der Waals surface area (Å²) < 4.78 is 6.15. The first kappa shape index (κ1) is 14.9. The van der Waals surface area contributed by atoms with Gasteiger partial charge in [-0.15, -0.1) is 0 Å². The molecule has 1 heterocycles. The highest BCUT2D eigenvalue weighted by Crippen LogP contribution is 2.49. The van der Waals surface area contributed by atoms with Gasteiger partial charge in [0.05, 0.1) is 5.54 Å². The maximum Gasteiger partial charge on any atom is 0.328 e. The average molecular weight is 299 g/mol. The van der Waals surface area contributed by atoms with E-state index in [0.717, 1.165) is 40.4 Å². The van der Waals surface area contributed by atoms with Crippen molar-refractivity contribution in [2.24, 2.45) is 5.92 Å². The van der Waals surface area contributed by atoms with Crippen LogP contribution in [-0.4, -0.2) is 18.1 Å². The first-order valence-electron chi connectivity index (χ1n) is 7.61. The van der Waals surface area contributed by atoms with Crippen molar-refractivity contribution in [1.82, 2.24) is 5.32 Å². The molecule has 1 unspecified atom stereocenters. The maximum atomic E-state index is 10.6. The lowest BCUT2D eigenvalue weighted by molar-refractivity contribution is -0.131. The second-order valence-electron chi connectivity index (χ2n) is 6.14. The summed E-state index contributed by atoms with van der Waals surface area (Å²) in [5, 5.41) is 13.2. The molecule has 1 aliphatic carbocycles.